The van der Waals surface area contributed by atoms with Gasteiger partial charge in [0.05, 0.1) is 12.7 Å². The number of hydrogen-bond donors (Lipinski definition) is 1. The van der Waals surface area contributed by atoms with E-state index in [4.69, 9.17) is 4.74 Å². The molecule has 0 aliphatic rings. The molecule has 0 atom stereocenters. The van der Waals surface area contributed by atoms with Gasteiger partial charge >= 0.3 is 0 Å². The fourth-order valence-corrected chi connectivity index (χ4v) is 2.15. The van der Waals surface area contributed by atoms with Crippen LogP contribution in [-0.4, -0.2) is 17.8 Å². The Balaban J connectivity index is 2.98. The first kappa shape index (κ1) is 13.5. The van der Waals surface area contributed by atoms with Crippen LogP contribution in [0.3, 0.4) is 0 Å². The van der Waals surface area contributed by atoms with Crippen LogP contribution in [0.2, 0.25) is 0 Å². The minimum absolute atomic E-state index is 0.628. The number of hydrogen-bond acceptors (Lipinski definition) is 2. The maximum absolute atomic E-state index is 10.3. The van der Waals surface area contributed by atoms with Crippen LogP contribution in [0, 0.1) is 0 Å². The first-order valence-electron chi connectivity index (χ1n) is 5.59. The predicted molar refractivity (Wildman–Crippen MR) is 69.9 cm³/mol. The van der Waals surface area contributed by atoms with Crippen molar-refractivity contribution < 1.29 is 9.84 Å². The number of benzene rings is 1. The molecular formula is C13H19BrO2. The lowest BCUT2D eigenvalue weighted by atomic mass is 9.89. The van der Waals surface area contributed by atoms with Gasteiger partial charge in [-0.2, -0.15) is 0 Å². The van der Waals surface area contributed by atoms with E-state index in [2.05, 4.69) is 15.9 Å². The molecule has 0 spiro atoms. The molecule has 1 rings (SSSR count). The second kappa shape index (κ2) is 5.69. The molecule has 3 heteroatoms. The minimum atomic E-state index is -0.631. The van der Waals surface area contributed by atoms with Crippen molar-refractivity contribution in [3.05, 3.63) is 28.2 Å². The van der Waals surface area contributed by atoms with Gasteiger partial charge in [0.25, 0.3) is 0 Å². The van der Waals surface area contributed by atoms with Gasteiger partial charge in [-0.05, 0) is 36.6 Å². The van der Waals surface area contributed by atoms with Gasteiger partial charge in [0.2, 0.25) is 0 Å². The standard InChI is InChI=1S/C13H19BrO2/c1-4-13(15,5-2)9-10-8-11(14)6-7-12(10)16-3/h6-8,15H,4-5,9H2,1-3H3. The summed E-state index contributed by atoms with van der Waals surface area (Å²) in [4.78, 5) is 0. The molecule has 0 saturated heterocycles. The van der Waals surface area contributed by atoms with E-state index in [-0.39, 0.29) is 0 Å². The van der Waals surface area contributed by atoms with Crippen molar-refractivity contribution in [3.8, 4) is 5.75 Å². The van der Waals surface area contributed by atoms with E-state index in [0.717, 1.165) is 28.6 Å². The molecule has 90 valence electrons. The van der Waals surface area contributed by atoms with E-state index in [9.17, 15) is 5.11 Å². The average molecular weight is 287 g/mol. The Labute approximate surface area is 106 Å². The zero-order valence-corrected chi connectivity index (χ0v) is 11.7. The monoisotopic (exact) mass is 286 g/mol. The summed E-state index contributed by atoms with van der Waals surface area (Å²) in [6.07, 6.45) is 2.13. The van der Waals surface area contributed by atoms with E-state index in [0.29, 0.717) is 6.42 Å². The summed E-state index contributed by atoms with van der Waals surface area (Å²) in [5, 5.41) is 10.3. The molecule has 0 saturated carbocycles. The van der Waals surface area contributed by atoms with E-state index in [1.54, 1.807) is 7.11 Å². The van der Waals surface area contributed by atoms with Gasteiger partial charge in [-0.25, -0.2) is 0 Å². The summed E-state index contributed by atoms with van der Waals surface area (Å²) in [6, 6.07) is 5.87. The Morgan fingerprint density at radius 3 is 2.44 bits per heavy atom. The van der Waals surface area contributed by atoms with Crippen molar-refractivity contribution in [3.63, 3.8) is 0 Å². The van der Waals surface area contributed by atoms with Crippen molar-refractivity contribution in [2.75, 3.05) is 7.11 Å². The molecule has 0 heterocycles. The molecule has 2 nitrogen and oxygen atoms in total. The maximum atomic E-state index is 10.3. The van der Waals surface area contributed by atoms with Gasteiger partial charge in [-0.1, -0.05) is 29.8 Å². The Morgan fingerprint density at radius 2 is 1.94 bits per heavy atom. The Hall–Kier alpha value is -0.540. The quantitative estimate of drug-likeness (QED) is 0.897. The van der Waals surface area contributed by atoms with Crippen molar-refractivity contribution in [2.45, 2.75) is 38.7 Å². The van der Waals surface area contributed by atoms with Crippen LogP contribution in [-0.2, 0) is 6.42 Å². The summed E-state index contributed by atoms with van der Waals surface area (Å²) in [6.45, 7) is 4.02. The number of aliphatic hydroxyl groups is 1. The van der Waals surface area contributed by atoms with E-state index in [1.165, 1.54) is 0 Å². The fraction of sp³-hybridized carbons (Fsp3) is 0.538. The highest BCUT2D eigenvalue weighted by Gasteiger charge is 2.24. The largest absolute Gasteiger partial charge is 0.496 e. The van der Waals surface area contributed by atoms with Crippen LogP contribution in [0.4, 0.5) is 0 Å². The number of rotatable bonds is 5. The van der Waals surface area contributed by atoms with Gasteiger partial charge in [0.1, 0.15) is 5.75 Å². The summed E-state index contributed by atoms with van der Waals surface area (Å²) in [5.41, 5.74) is 0.414. The molecule has 1 aromatic rings. The predicted octanol–water partition coefficient (Wildman–Crippen LogP) is 3.55. The first-order valence-corrected chi connectivity index (χ1v) is 6.38. The molecule has 0 aromatic heterocycles. The van der Waals surface area contributed by atoms with Crippen molar-refractivity contribution >= 4 is 15.9 Å². The number of methoxy groups -OCH3 is 1. The maximum Gasteiger partial charge on any atom is 0.122 e. The summed E-state index contributed by atoms with van der Waals surface area (Å²) in [7, 11) is 1.66. The van der Waals surface area contributed by atoms with Crippen LogP contribution in [0.25, 0.3) is 0 Å². The molecule has 0 aliphatic carbocycles. The number of halogens is 1. The molecule has 0 bridgehead atoms. The molecule has 0 aliphatic heterocycles. The molecule has 0 radical (unpaired) electrons. The third-order valence-corrected chi connectivity index (χ3v) is 3.57. The third kappa shape index (κ3) is 3.22. The zero-order valence-electron chi connectivity index (χ0n) is 10.1. The SMILES string of the molecule is CCC(O)(CC)Cc1cc(Br)ccc1OC. The molecule has 0 fully saturated rings. The van der Waals surface area contributed by atoms with Crippen molar-refractivity contribution in [2.24, 2.45) is 0 Å². The summed E-state index contributed by atoms with van der Waals surface area (Å²) < 4.78 is 6.32. The van der Waals surface area contributed by atoms with Crippen molar-refractivity contribution in [1.29, 1.82) is 0 Å². The molecule has 1 N–H and O–H groups in total. The third-order valence-electron chi connectivity index (χ3n) is 3.08. The topological polar surface area (TPSA) is 29.5 Å². The Morgan fingerprint density at radius 1 is 1.31 bits per heavy atom. The van der Waals surface area contributed by atoms with Gasteiger partial charge in [-0.3, -0.25) is 0 Å². The second-order valence-electron chi connectivity index (χ2n) is 4.06. The van der Waals surface area contributed by atoms with Crippen LogP contribution in [0.15, 0.2) is 22.7 Å². The Bertz CT molecular complexity index is 346. The highest BCUT2D eigenvalue weighted by atomic mass is 79.9. The normalized spacial score (nSPS) is 11.6. The van der Waals surface area contributed by atoms with E-state index >= 15 is 0 Å². The van der Waals surface area contributed by atoms with Crippen LogP contribution in [0.5, 0.6) is 5.75 Å². The van der Waals surface area contributed by atoms with Crippen LogP contribution < -0.4 is 4.74 Å². The first-order chi connectivity index (χ1) is 7.54. The molecule has 0 unspecified atom stereocenters. The summed E-state index contributed by atoms with van der Waals surface area (Å²) >= 11 is 3.44. The summed E-state index contributed by atoms with van der Waals surface area (Å²) in [5.74, 6) is 0.837. The number of ether oxygens (including phenoxy) is 1. The smallest absolute Gasteiger partial charge is 0.122 e. The van der Waals surface area contributed by atoms with Gasteiger partial charge in [0, 0.05) is 10.9 Å². The van der Waals surface area contributed by atoms with E-state index < -0.39 is 5.60 Å². The second-order valence-corrected chi connectivity index (χ2v) is 4.98. The van der Waals surface area contributed by atoms with Gasteiger partial charge in [0.15, 0.2) is 0 Å². The lowest BCUT2D eigenvalue weighted by Crippen LogP contribution is -2.29. The zero-order chi connectivity index (χ0) is 12.2. The molecule has 16 heavy (non-hydrogen) atoms. The van der Waals surface area contributed by atoms with Crippen LogP contribution >= 0.6 is 15.9 Å². The lowest BCUT2D eigenvalue weighted by Gasteiger charge is -2.26. The fourth-order valence-electron chi connectivity index (χ4n) is 1.74. The molecule has 0 amide bonds. The van der Waals surface area contributed by atoms with Crippen molar-refractivity contribution in [1.82, 2.24) is 0 Å². The van der Waals surface area contributed by atoms with Gasteiger partial charge in [-0.15, -0.1) is 0 Å². The van der Waals surface area contributed by atoms with Crippen LogP contribution in [0.1, 0.15) is 32.3 Å². The Kier molecular flexibility index (Phi) is 4.81. The minimum Gasteiger partial charge on any atom is -0.496 e. The molecular weight excluding hydrogens is 268 g/mol. The van der Waals surface area contributed by atoms with Gasteiger partial charge < -0.3 is 9.84 Å². The average Bonchev–Trinajstić information content (AvgIpc) is 2.29. The highest BCUT2D eigenvalue weighted by Crippen LogP contribution is 2.29. The lowest BCUT2D eigenvalue weighted by molar-refractivity contribution is 0.0321. The molecule has 1 aromatic carbocycles. The highest BCUT2D eigenvalue weighted by molar-refractivity contribution is 9.10. The van der Waals surface area contributed by atoms with E-state index in [1.807, 2.05) is 32.0 Å².